The fourth-order valence-corrected chi connectivity index (χ4v) is 4.38. The lowest BCUT2D eigenvalue weighted by atomic mass is 10.3. The Kier molecular flexibility index (Phi) is 5.08. The molecule has 6 nitrogen and oxygen atoms in total. The molecule has 7 heteroatoms. The molecule has 21 heavy (non-hydrogen) atoms. The van der Waals surface area contributed by atoms with E-state index in [0.717, 1.165) is 6.42 Å². The van der Waals surface area contributed by atoms with E-state index in [1.165, 1.54) is 4.31 Å². The van der Waals surface area contributed by atoms with Gasteiger partial charge in [-0.2, -0.15) is 4.31 Å². The van der Waals surface area contributed by atoms with Gasteiger partial charge in [0.15, 0.2) is 0 Å². The zero-order valence-corrected chi connectivity index (χ0v) is 13.6. The molecular weight excluding hydrogens is 292 g/mol. The van der Waals surface area contributed by atoms with Crippen molar-refractivity contribution in [2.45, 2.75) is 57.4 Å². The third-order valence-electron chi connectivity index (χ3n) is 3.61. The molecule has 0 radical (unpaired) electrons. The molecule has 1 fully saturated rings. The second-order valence-electron chi connectivity index (χ2n) is 5.60. The van der Waals surface area contributed by atoms with Gasteiger partial charge in [-0.15, -0.1) is 0 Å². The maximum atomic E-state index is 12.7. The largest absolute Gasteiger partial charge is 0.390 e. The Morgan fingerprint density at radius 1 is 1.33 bits per heavy atom. The van der Waals surface area contributed by atoms with Crippen molar-refractivity contribution < 1.29 is 18.3 Å². The van der Waals surface area contributed by atoms with Crippen LogP contribution >= 0.6 is 0 Å². The molecule has 0 bridgehead atoms. The van der Waals surface area contributed by atoms with Gasteiger partial charge in [-0.05, 0) is 26.3 Å². The highest BCUT2D eigenvalue weighted by molar-refractivity contribution is 7.89. The number of aliphatic hydroxyl groups excluding tert-OH is 1. The fraction of sp³-hybridized carbons (Fsp3) is 0.714. The molecule has 120 valence electrons. The maximum absolute atomic E-state index is 12.7. The summed E-state index contributed by atoms with van der Waals surface area (Å²) in [5.41, 5.74) is 0.629. The predicted molar refractivity (Wildman–Crippen MR) is 79.4 cm³/mol. The number of hydrogen-bond donors (Lipinski definition) is 1. The van der Waals surface area contributed by atoms with E-state index in [-0.39, 0.29) is 23.7 Å². The number of aromatic nitrogens is 1. The zero-order valence-electron chi connectivity index (χ0n) is 12.8. The summed E-state index contributed by atoms with van der Waals surface area (Å²) >= 11 is 0. The van der Waals surface area contributed by atoms with Gasteiger partial charge >= 0.3 is 0 Å². The van der Waals surface area contributed by atoms with Crippen LogP contribution in [0, 0.1) is 0 Å². The van der Waals surface area contributed by atoms with E-state index >= 15 is 0 Å². The lowest BCUT2D eigenvalue weighted by molar-refractivity contribution is -0.0440. The van der Waals surface area contributed by atoms with Crippen LogP contribution in [0.25, 0.3) is 0 Å². The first-order valence-electron chi connectivity index (χ1n) is 7.34. The monoisotopic (exact) mass is 316 g/mol. The maximum Gasteiger partial charge on any atom is 0.244 e. The second kappa shape index (κ2) is 6.48. The number of rotatable bonds is 5. The van der Waals surface area contributed by atoms with Gasteiger partial charge in [0, 0.05) is 31.5 Å². The number of nitrogens with zero attached hydrogens (tertiary/aromatic N) is 2. The molecule has 2 unspecified atom stereocenters. The van der Waals surface area contributed by atoms with Crippen LogP contribution < -0.4 is 0 Å². The number of sulfonamides is 1. The van der Waals surface area contributed by atoms with Crippen molar-refractivity contribution in [3.05, 3.63) is 18.0 Å². The van der Waals surface area contributed by atoms with Crippen LogP contribution in [0.15, 0.2) is 17.2 Å². The molecule has 2 atom stereocenters. The Hall–Kier alpha value is -0.890. The average Bonchev–Trinajstić information content (AvgIpc) is 2.82. The Bertz CT molecular complexity index is 572. The average molecular weight is 316 g/mol. The minimum atomic E-state index is -3.54. The third-order valence-corrected chi connectivity index (χ3v) is 5.41. The molecule has 1 saturated heterocycles. The molecular formula is C14H24N2O4S. The third kappa shape index (κ3) is 3.48. The molecule has 2 heterocycles. The summed E-state index contributed by atoms with van der Waals surface area (Å²) in [4.78, 5) is 0.251. The van der Waals surface area contributed by atoms with Crippen LogP contribution in [0.2, 0.25) is 0 Å². The first-order chi connectivity index (χ1) is 9.88. The van der Waals surface area contributed by atoms with E-state index < -0.39 is 10.0 Å². The standard InChI is InChI=1S/C14H24N2O4S/c1-4-5-15-9-14(6-13(15)10-17)21(18,19)16-7-11(2)20-12(3)8-16/h6,9,11-12,17H,4-5,7-8,10H2,1-3H3. The molecule has 1 aliphatic heterocycles. The van der Waals surface area contributed by atoms with Crippen molar-refractivity contribution in [3.63, 3.8) is 0 Å². The summed E-state index contributed by atoms with van der Waals surface area (Å²) < 4.78 is 34.3. The first-order valence-corrected chi connectivity index (χ1v) is 8.78. The van der Waals surface area contributed by atoms with Gasteiger partial charge in [0.25, 0.3) is 0 Å². The topological polar surface area (TPSA) is 71.8 Å². The molecule has 1 N–H and O–H groups in total. The van der Waals surface area contributed by atoms with Gasteiger partial charge < -0.3 is 14.4 Å². The van der Waals surface area contributed by atoms with E-state index in [1.54, 1.807) is 16.8 Å². The molecule has 1 aliphatic rings. The number of aryl methyl sites for hydroxylation is 1. The quantitative estimate of drug-likeness (QED) is 0.886. The SMILES string of the molecule is CCCn1cc(S(=O)(=O)N2CC(C)OC(C)C2)cc1CO. The van der Waals surface area contributed by atoms with Crippen molar-refractivity contribution in [1.29, 1.82) is 0 Å². The van der Waals surface area contributed by atoms with Gasteiger partial charge in [-0.1, -0.05) is 6.92 Å². The van der Waals surface area contributed by atoms with E-state index in [4.69, 9.17) is 4.74 Å². The summed E-state index contributed by atoms with van der Waals surface area (Å²) in [6.45, 7) is 7.02. The highest BCUT2D eigenvalue weighted by Crippen LogP contribution is 2.23. The van der Waals surface area contributed by atoms with Crippen molar-refractivity contribution >= 4 is 10.0 Å². The molecule has 1 aromatic heterocycles. The molecule has 2 rings (SSSR count). The van der Waals surface area contributed by atoms with Gasteiger partial charge in [0.2, 0.25) is 10.0 Å². The Balaban J connectivity index is 2.30. The van der Waals surface area contributed by atoms with E-state index in [9.17, 15) is 13.5 Å². The predicted octanol–water partition coefficient (Wildman–Crippen LogP) is 1.19. The van der Waals surface area contributed by atoms with Crippen LogP contribution in [-0.2, 0) is 27.9 Å². The lowest BCUT2D eigenvalue weighted by Gasteiger charge is -2.34. The van der Waals surface area contributed by atoms with E-state index in [2.05, 4.69) is 0 Å². The van der Waals surface area contributed by atoms with Crippen molar-refractivity contribution in [1.82, 2.24) is 8.87 Å². The molecule has 0 aliphatic carbocycles. The van der Waals surface area contributed by atoms with Crippen LogP contribution in [0.5, 0.6) is 0 Å². The van der Waals surface area contributed by atoms with Crippen LogP contribution in [0.1, 0.15) is 32.9 Å². The number of morpholine rings is 1. The molecule has 0 aromatic carbocycles. The Morgan fingerprint density at radius 3 is 2.48 bits per heavy atom. The molecule has 0 spiro atoms. The second-order valence-corrected chi connectivity index (χ2v) is 7.54. The zero-order chi connectivity index (χ0) is 15.6. The Morgan fingerprint density at radius 2 is 1.95 bits per heavy atom. The first kappa shape index (κ1) is 16.5. The number of hydrogen-bond acceptors (Lipinski definition) is 4. The van der Waals surface area contributed by atoms with Crippen LogP contribution in [-0.4, -0.2) is 47.7 Å². The summed E-state index contributed by atoms with van der Waals surface area (Å²) in [6, 6.07) is 1.57. The highest BCUT2D eigenvalue weighted by Gasteiger charge is 2.33. The summed E-state index contributed by atoms with van der Waals surface area (Å²) in [5, 5.41) is 9.37. The van der Waals surface area contributed by atoms with E-state index in [0.29, 0.717) is 25.3 Å². The van der Waals surface area contributed by atoms with Crippen molar-refractivity contribution in [2.24, 2.45) is 0 Å². The van der Waals surface area contributed by atoms with Crippen LogP contribution in [0.4, 0.5) is 0 Å². The number of aliphatic hydroxyl groups is 1. The van der Waals surface area contributed by atoms with Crippen LogP contribution in [0.3, 0.4) is 0 Å². The van der Waals surface area contributed by atoms with Gasteiger partial charge in [0.05, 0.1) is 18.8 Å². The van der Waals surface area contributed by atoms with Gasteiger partial charge in [-0.3, -0.25) is 0 Å². The fourth-order valence-electron chi connectivity index (χ4n) is 2.72. The highest BCUT2D eigenvalue weighted by atomic mass is 32.2. The summed E-state index contributed by atoms with van der Waals surface area (Å²) in [7, 11) is -3.54. The van der Waals surface area contributed by atoms with Crippen molar-refractivity contribution in [3.8, 4) is 0 Å². The smallest absolute Gasteiger partial charge is 0.244 e. The normalized spacial score (nSPS) is 24.4. The van der Waals surface area contributed by atoms with Gasteiger partial charge in [-0.25, -0.2) is 8.42 Å². The lowest BCUT2D eigenvalue weighted by Crippen LogP contribution is -2.48. The number of ether oxygens (including phenoxy) is 1. The minimum absolute atomic E-state index is 0.112. The van der Waals surface area contributed by atoms with E-state index in [1.807, 2.05) is 20.8 Å². The van der Waals surface area contributed by atoms with Gasteiger partial charge in [0.1, 0.15) is 4.90 Å². The Labute approximate surface area is 126 Å². The summed E-state index contributed by atoms with van der Waals surface area (Å²) in [6.07, 6.45) is 2.28. The van der Waals surface area contributed by atoms with Crippen molar-refractivity contribution in [2.75, 3.05) is 13.1 Å². The molecule has 1 aromatic rings. The summed E-state index contributed by atoms with van der Waals surface area (Å²) in [5.74, 6) is 0. The minimum Gasteiger partial charge on any atom is -0.390 e. The molecule has 0 saturated carbocycles. The molecule has 0 amide bonds.